The van der Waals surface area contributed by atoms with Gasteiger partial charge in [0.25, 0.3) is 0 Å². The molecule has 1 aliphatic carbocycles. The fraction of sp³-hybridized carbons (Fsp3) is 0.643. The van der Waals surface area contributed by atoms with Crippen LogP contribution in [0.4, 0.5) is 0 Å². The normalized spacial score (nSPS) is 26.6. The third-order valence-corrected chi connectivity index (χ3v) is 4.82. The second kappa shape index (κ2) is 6.50. The van der Waals surface area contributed by atoms with Gasteiger partial charge in [-0.25, -0.2) is 0 Å². The molecule has 0 aromatic carbocycles. The summed E-state index contributed by atoms with van der Waals surface area (Å²) in [6, 6.07) is 3.93. The number of rotatable bonds is 5. The highest BCUT2D eigenvalue weighted by Crippen LogP contribution is 2.26. The molecule has 0 spiro atoms. The van der Waals surface area contributed by atoms with Crippen LogP contribution in [0.15, 0.2) is 17.5 Å². The third-order valence-electron chi connectivity index (χ3n) is 3.88. The molecule has 3 atom stereocenters. The average Bonchev–Trinajstić information content (AvgIpc) is 3.04. The van der Waals surface area contributed by atoms with Crippen molar-refractivity contribution in [2.75, 3.05) is 14.2 Å². The molecule has 1 saturated carbocycles. The van der Waals surface area contributed by atoms with Crippen LogP contribution in [0.3, 0.4) is 0 Å². The van der Waals surface area contributed by atoms with Crippen LogP contribution in [-0.2, 0) is 16.0 Å². The van der Waals surface area contributed by atoms with Gasteiger partial charge in [0.05, 0.1) is 12.1 Å². The second-order valence-corrected chi connectivity index (χ2v) is 6.03. The Kier molecular flexibility index (Phi) is 4.96. The van der Waals surface area contributed by atoms with Crippen LogP contribution in [0.1, 0.15) is 24.1 Å². The summed E-state index contributed by atoms with van der Waals surface area (Å²) in [5, 5.41) is 12.1. The monoisotopic (exact) mass is 283 g/mol. The van der Waals surface area contributed by atoms with E-state index in [0.29, 0.717) is 6.42 Å². The zero-order valence-corrected chi connectivity index (χ0v) is 12.2. The first kappa shape index (κ1) is 14.5. The van der Waals surface area contributed by atoms with Crippen molar-refractivity contribution in [2.24, 2.45) is 0 Å². The van der Waals surface area contributed by atoms with E-state index in [-0.39, 0.29) is 18.1 Å². The summed E-state index contributed by atoms with van der Waals surface area (Å²) < 4.78 is 5.22. The largest absolute Gasteiger partial charge is 0.388 e. The molecule has 0 unspecified atom stereocenters. The van der Waals surface area contributed by atoms with Crippen LogP contribution in [0, 0.1) is 0 Å². The molecule has 0 bridgehead atoms. The van der Waals surface area contributed by atoms with Gasteiger partial charge in [0, 0.05) is 25.5 Å². The molecular weight excluding hydrogens is 262 g/mol. The summed E-state index contributed by atoms with van der Waals surface area (Å²) in [4.78, 5) is 15.1. The van der Waals surface area contributed by atoms with Gasteiger partial charge in [0.1, 0.15) is 6.10 Å². The van der Waals surface area contributed by atoms with Crippen molar-refractivity contribution in [1.29, 1.82) is 0 Å². The Hall–Kier alpha value is -0.910. The number of nitrogens with zero attached hydrogens (tertiary/aromatic N) is 1. The Morgan fingerprint density at radius 2 is 2.37 bits per heavy atom. The number of hydrogen-bond acceptors (Lipinski definition) is 4. The number of aliphatic hydroxyl groups is 1. The van der Waals surface area contributed by atoms with Gasteiger partial charge in [-0.1, -0.05) is 6.07 Å². The Morgan fingerprint density at radius 1 is 1.58 bits per heavy atom. The number of carbonyl (C=O) groups excluding carboxylic acids is 1. The number of amides is 1. The maximum absolute atomic E-state index is 12.1. The summed E-state index contributed by atoms with van der Waals surface area (Å²) in [5.74, 6) is 0.0919. The van der Waals surface area contributed by atoms with Crippen LogP contribution in [0.25, 0.3) is 0 Å². The molecule has 1 aromatic heterocycles. The second-order valence-electron chi connectivity index (χ2n) is 4.99. The number of hydrogen-bond donors (Lipinski definition) is 1. The van der Waals surface area contributed by atoms with E-state index in [0.717, 1.165) is 19.3 Å². The van der Waals surface area contributed by atoms with E-state index in [4.69, 9.17) is 4.74 Å². The molecule has 1 fully saturated rings. The van der Waals surface area contributed by atoms with Gasteiger partial charge in [0.15, 0.2) is 0 Å². The zero-order valence-electron chi connectivity index (χ0n) is 11.4. The first-order chi connectivity index (χ1) is 9.13. The van der Waals surface area contributed by atoms with Gasteiger partial charge in [-0.15, -0.1) is 11.3 Å². The maximum Gasteiger partial charge on any atom is 0.223 e. The highest BCUT2D eigenvalue weighted by molar-refractivity contribution is 7.09. The quantitative estimate of drug-likeness (QED) is 0.894. The molecule has 106 valence electrons. The summed E-state index contributed by atoms with van der Waals surface area (Å²) in [6.07, 6.45) is 2.18. The Balaban J connectivity index is 1.85. The number of aryl methyl sites for hydroxylation is 1. The van der Waals surface area contributed by atoms with E-state index >= 15 is 0 Å². The van der Waals surface area contributed by atoms with Crippen LogP contribution in [0.5, 0.6) is 0 Å². The minimum Gasteiger partial charge on any atom is -0.388 e. The molecule has 0 saturated heterocycles. The van der Waals surface area contributed by atoms with Gasteiger partial charge in [-0.05, 0) is 30.7 Å². The van der Waals surface area contributed by atoms with Gasteiger partial charge in [-0.2, -0.15) is 0 Å². The van der Waals surface area contributed by atoms with Crippen LogP contribution in [-0.4, -0.2) is 48.3 Å². The number of ether oxygens (including phenoxy) is 1. The Labute approximate surface area is 118 Å². The molecule has 2 rings (SSSR count). The highest BCUT2D eigenvalue weighted by atomic mass is 32.1. The lowest BCUT2D eigenvalue weighted by Gasteiger charge is -2.28. The SMILES string of the molecule is CO[C@@H]1CC[C@@H](N(C)C(=O)CCc2cccs2)[C@H]1O. The molecule has 1 heterocycles. The number of thiophene rings is 1. The van der Waals surface area contributed by atoms with E-state index in [2.05, 4.69) is 0 Å². The smallest absolute Gasteiger partial charge is 0.223 e. The Morgan fingerprint density at radius 3 is 2.95 bits per heavy atom. The van der Waals surface area contributed by atoms with Crippen molar-refractivity contribution in [2.45, 2.75) is 43.9 Å². The number of likely N-dealkylation sites (N-methyl/N-ethyl adjacent to an activating group) is 1. The predicted molar refractivity (Wildman–Crippen MR) is 75.2 cm³/mol. The van der Waals surface area contributed by atoms with E-state index in [1.807, 2.05) is 17.5 Å². The van der Waals surface area contributed by atoms with Crippen molar-refractivity contribution in [3.8, 4) is 0 Å². The summed E-state index contributed by atoms with van der Waals surface area (Å²) >= 11 is 1.67. The molecule has 1 N–H and O–H groups in total. The number of methoxy groups -OCH3 is 1. The molecule has 5 heteroatoms. The van der Waals surface area contributed by atoms with Gasteiger partial charge in [-0.3, -0.25) is 4.79 Å². The van der Waals surface area contributed by atoms with Gasteiger partial charge < -0.3 is 14.7 Å². The molecule has 1 aliphatic rings. The Bertz CT molecular complexity index is 407. The summed E-state index contributed by atoms with van der Waals surface area (Å²) in [6.45, 7) is 0. The maximum atomic E-state index is 12.1. The first-order valence-electron chi connectivity index (χ1n) is 6.62. The van der Waals surface area contributed by atoms with Gasteiger partial charge >= 0.3 is 0 Å². The lowest BCUT2D eigenvalue weighted by atomic mass is 10.1. The van der Waals surface area contributed by atoms with Crippen molar-refractivity contribution < 1.29 is 14.6 Å². The van der Waals surface area contributed by atoms with E-state index in [1.165, 1.54) is 4.88 Å². The highest BCUT2D eigenvalue weighted by Gasteiger charge is 2.38. The summed E-state index contributed by atoms with van der Waals surface area (Å²) in [5.41, 5.74) is 0. The van der Waals surface area contributed by atoms with Crippen molar-refractivity contribution in [3.05, 3.63) is 22.4 Å². The first-order valence-corrected chi connectivity index (χ1v) is 7.50. The average molecular weight is 283 g/mol. The number of carbonyl (C=O) groups is 1. The summed E-state index contributed by atoms with van der Waals surface area (Å²) in [7, 11) is 3.39. The van der Waals surface area contributed by atoms with Crippen LogP contribution in [0.2, 0.25) is 0 Å². The van der Waals surface area contributed by atoms with Crippen molar-refractivity contribution in [1.82, 2.24) is 4.90 Å². The topological polar surface area (TPSA) is 49.8 Å². The fourth-order valence-electron chi connectivity index (χ4n) is 2.65. The van der Waals surface area contributed by atoms with Gasteiger partial charge in [0.2, 0.25) is 5.91 Å². The lowest BCUT2D eigenvalue weighted by molar-refractivity contribution is -0.134. The van der Waals surface area contributed by atoms with Crippen LogP contribution < -0.4 is 0 Å². The third kappa shape index (κ3) is 3.35. The molecule has 4 nitrogen and oxygen atoms in total. The molecule has 19 heavy (non-hydrogen) atoms. The molecule has 0 aliphatic heterocycles. The van der Waals surface area contributed by atoms with Crippen LogP contribution >= 0.6 is 11.3 Å². The fourth-order valence-corrected chi connectivity index (χ4v) is 3.36. The standard InChI is InChI=1S/C14H21NO3S/c1-15(11-6-7-12(18-2)14(11)17)13(16)8-5-10-4-3-9-19-10/h3-4,9,11-12,14,17H,5-8H2,1-2H3/t11-,12-,14-/m1/s1. The predicted octanol–water partition coefficient (Wildman–Crippen LogP) is 1.68. The molecular formula is C14H21NO3S. The van der Waals surface area contributed by atoms with E-state index in [1.54, 1.807) is 30.4 Å². The van der Waals surface area contributed by atoms with E-state index in [9.17, 15) is 9.90 Å². The zero-order chi connectivity index (χ0) is 13.8. The van der Waals surface area contributed by atoms with E-state index < -0.39 is 6.10 Å². The van der Waals surface area contributed by atoms with Crippen molar-refractivity contribution in [3.63, 3.8) is 0 Å². The molecule has 1 amide bonds. The number of aliphatic hydroxyl groups excluding tert-OH is 1. The molecule has 1 aromatic rings. The lowest BCUT2D eigenvalue weighted by Crippen LogP contribution is -2.44. The minimum atomic E-state index is -0.569. The molecule has 0 radical (unpaired) electrons. The van der Waals surface area contributed by atoms with Crippen molar-refractivity contribution >= 4 is 17.2 Å². The minimum absolute atomic E-state index is 0.0919.